The maximum absolute atomic E-state index is 13.6. The number of benzene rings is 1. The summed E-state index contributed by atoms with van der Waals surface area (Å²) >= 11 is 13.9. The first-order chi connectivity index (χ1) is 9.95. The van der Waals surface area contributed by atoms with Crippen LogP contribution in [0, 0.1) is 12.7 Å². The van der Waals surface area contributed by atoms with Crippen LogP contribution in [0.5, 0.6) is 0 Å². The van der Waals surface area contributed by atoms with Crippen molar-refractivity contribution in [3.8, 4) is 0 Å². The fourth-order valence-corrected chi connectivity index (χ4v) is 3.54. The molecule has 0 N–H and O–H groups in total. The van der Waals surface area contributed by atoms with E-state index in [4.69, 9.17) is 23.2 Å². The molecular weight excluding hydrogens is 330 g/mol. The van der Waals surface area contributed by atoms with Gasteiger partial charge in [-0.25, -0.2) is 9.37 Å². The number of imidazole rings is 1. The summed E-state index contributed by atoms with van der Waals surface area (Å²) in [5.74, 6) is 0.258. The minimum Gasteiger partial charge on any atom is -0.321 e. The Balaban J connectivity index is 2.17. The van der Waals surface area contributed by atoms with Gasteiger partial charge >= 0.3 is 0 Å². The molecule has 2 nitrogen and oxygen atoms in total. The van der Waals surface area contributed by atoms with Crippen molar-refractivity contribution in [1.29, 1.82) is 0 Å². The molecule has 2 aromatic heterocycles. The zero-order valence-electron chi connectivity index (χ0n) is 11.5. The molecule has 1 atom stereocenters. The van der Waals surface area contributed by atoms with Crippen molar-refractivity contribution in [2.75, 3.05) is 0 Å². The fraction of sp³-hybridized carbons (Fsp3) is 0.267. The van der Waals surface area contributed by atoms with Crippen LogP contribution in [0.3, 0.4) is 0 Å². The predicted molar refractivity (Wildman–Crippen MR) is 87.1 cm³/mol. The highest BCUT2D eigenvalue weighted by atomic mass is 35.5. The fourth-order valence-electron chi connectivity index (χ4n) is 2.33. The molecule has 1 aromatic carbocycles. The smallest absolute Gasteiger partial charge is 0.144 e. The molecule has 3 aromatic rings. The van der Waals surface area contributed by atoms with Gasteiger partial charge in [-0.05, 0) is 32.0 Å². The average molecular weight is 343 g/mol. The standard InChI is InChI=1S/C15H13Cl2FN2S/c1-8-3-4-10(21-8)7-20-14-5-11(17)12(18)6-13(14)19-15(20)9(2)16/h3-6,9H,7H2,1-2H3. The molecule has 3 rings (SSSR count). The Labute approximate surface area is 136 Å². The van der Waals surface area contributed by atoms with E-state index in [1.165, 1.54) is 15.8 Å². The van der Waals surface area contributed by atoms with Crippen molar-refractivity contribution in [2.45, 2.75) is 25.8 Å². The molecule has 0 bridgehead atoms. The van der Waals surface area contributed by atoms with Gasteiger partial charge in [0, 0.05) is 15.8 Å². The van der Waals surface area contributed by atoms with Gasteiger partial charge in [0.15, 0.2) is 0 Å². The summed E-state index contributed by atoms with van der Waals surface area (Å²) < 4.78 is 15.6. The second-order valence-electron chi connectivity index (χ2n) is 4.94. The van der Waals surface area contributed by atoms with Gasteiger partial charge in [0.05, 0.1) is 28.0 Å². The molecule has 0 spiro atoms. The molecule has 0 aliphatic rings. The normalized spacial score (nSPS) is 13.0. The summed E-state index contributed by atoms with van der Waals surface area (Å²) in [6.07, 6.45) is 0. The topological polar surface area (TPSA) is 17.8 Å². The number of aromatic nitrogens is 2. The zero-order valence-corrected chi connectivity index (χ0v) is 13.9. The maximum atomic E-state index is 13.6. The Morgan fingerprint density at radius 3 is 2.76 bits per heavy atom. The van der Waals surface area contributed by atoms with Gasteiger partial charge in [0.25, 0.3) is 0 Å². The quantitative estimate of drug-likeness (QED) is 0.571. The van der Waals surface area contributed by atoms with Gasteiger partial charge in [-0.3, -0.25) is 0 Å². The first-order valence-corrected chi connectivity index (χ1v) is 8.13. The van der Waals surface area contributed by atoms with Crippen LogP contribution in [0.2, 0.25) is 5.02 Å². The number of halogens is 3. The Morgan fingerprint density at radius 1 is 1.38 bits per heavy atom. The SMILES string of the molecule is Cc1ccc(Cn2c(C(C)Cl)nc3cc(F)c(Cl)cc32)s1. The second kappa shape index (κ2) is 5.59. The van der Waals surface area contributed by atoms with Crippen LogP contribution in [0.15, 0.2) is 24.3 Å². The first-order valence-electron chi connectivity index (χ1n) is 6.50. The highest BCUT2D eigenvalue weighted by Crippen LogP contribution is 2.30. The summed E-state index contributed by atoms with van der Waals surface area (Å²) in [5, 5.41) is -0.167. The van der Waals surface area contributed by atoms with E-state index in [1.807, 2.05) is 11.5 Å². The lowest BCUT2D eigenvalue weighted by molar-refractivity contribution is 0.629. The Bertz CT molecular complexity index is 807. The van der Waals surface area contributed by atoms with Crippen LogP contribution in [0.25, 0.3) is 11.0 Å². The number of hydrogen-bond donors (Lipinski definition) is 0. The van der Waals surface area contributed by atoms with Gasteiger partial charge in [-0.2, -0.15) is 0 Å². The second-order valence-corrected chi connectivity index (χ2v) is 7.37. The van der Waals surface area contributed by atoms with E-state index < -0.39 is 5.82 Å². The third-order valence-corrected chi connectivity index (χ3v) is 4.76. The van der Waals surface area contributed by atoms with Crippen LogP contribution >= 0.6 is 34.5 Å². The van der Waals surface area contributed by atoms with Gasteiger partial charge in [0.2, 0.25) is 0 Å². The average Bonchev–Trinajstić information content (AvgIpc) is 2.96. The van der Waals surface area contributed by atoms with E-state index in [-0.39, 0.29) is 10.4 Å². The molecular formula is C15H13Cl2FN2S. The van der Waals surface area contributed by atoms with E-state index in [9.17, 15) is 4.39 Å². The summed E-state index contributed by atoms with van der Waals surface area (Å²) in [4.78, 5) is 6.90. The number of fused-ring (bicyclic) bond motifs is 1. The van der Waals surface area contributed by atoms with E-state index in [0.29, 0.717) is 12.1 Å². The molecule has 2 heterocycles. The molecule has 0 amide bonds. The number of thiophene rings is 1. The summed E-state index contributed by atoms with van der Waals surface area (Å²) in [6, 6.07) is 7.13. The highest BCUT2D eigenvalue weighted by molar-refractivity contribution is 7.11. The molecule has 0 saturated carbocycles. The molecule has 0 radical (unpaired) electrons. The van der Waals surface area contributed by atoms with Crippen molar-refractivity contribution in [3.05, 3.63) is 50.7 Å². The molecule has 6 heteroatoms. The van der Waals surface area contributed by atoms with E-state index >= 15 is 0 Å². The lowest BCUT2D eigenvalue weighted by Gasteiger charge is -2.09. The van der Waals surface area contributed by atoms with Gasteiger partial charge in [-0.15, -0.1) is 22.9 Å². The predicted octanol–water partition coefficient (Wildman–Crippen LogP) is 5.55. The number of aryl methyl sites for hydroxylation is 1. The van der Waals surface area contributed by atoms with Crippen molar-refractivity contribution in [2.24, 2.45) is 0 Å². The van der Waals surface area contributed by atoms with E-state index in [2.05, 4.69) is 24.0 Å². The zero-order chi connectivity index (χ0) is 15.1. The minimum absolute atomic E-state index is 0.0970. The third kappa shape index (κ3) is 2.80. The summed E-state index contributed by atoms with van der Waals surface area (Å²) in [5.41, 5.74) is 1.38. The van der Waals surface area contributed by atoms with Gasteiger partial charge in [-0.1, -0.05) is 11.6 Å². The Hall–Kier alpha value is -1.10. The van der Waals surface area contributed by atoms with Crippen LogP contribution in [0.1, 0.15) is 27.9 Å². The van der Waals surface area contributed by atoms with Crippen LogP contribution < -0.4 is 0 Å². The van der Waals surface area contributed by atoms with Crippen molar-refractivity contribution < 1.29 is 4.39 Å². The lowest BCUT2D eigenvalue weighted by atomic mass is 10.3. The molecule has 0 aliphatic carbocycles. The van der Waals surface area contributed by atoms with Crippen molar-refractivity contribution in [1.82, 2.24) is 9.55 Å². The van der Waals surface area contributed by atoms with Crippen LogP contribution in [-0.2, 0) is 6.54 Å². The third-order valence-electron chi connectivity index (χ3n) is 3.29. The molecule has 0 aliphatic heterocycles. The van der Waals surface area contributed by atoms with Gasteiger partial charge in [0.1, 0.15) is 11.6 Å². The van der Waals surface area contributed by atoms with Crippen LogP contribution in [-0.4, -0.2) is 9.55 Å². The molecule has 21 heavy (non-hydrogen) atoms. The number of rotatable bonds is 3. The largest absolute Gasteiger partial charge is 0.321 e. The first kappa shape index (κ1) is 14.8. The van der Waals surface area contributed by atoms with Gasteiger partial charge < -0.3 is 4.57 Å². The number of hydrogen-bond acceptors (Lipinski definition) is 2. The van der Waals surface area contributed by atoms with Crippen molar-refractivity contribution >= 4 is 45.6 Å². The summed E-state index contributed by atoms with van der Waals surface area (Å²) in [6.45, 7) is 4.58. The van der Waals surface area contributed by atoms with E-state index in [0.717, 1.165) is 11.3 Å². The molecule has 0 saturated heterocycles. The molecule has 1 unspecified atom stereocenters. The van der Waals surface area contributed by atoms with Crippen LogP contribution in [0.4, 0.5) is 4.39 Å². The molecule has 110 valence electrons. The minimum atomic E-state index is -0.463. The Morgan fingerprint density at radius 2 is 2.14 bits per heavy atom. The molecule has 0 fully saturated rings. The Kier molecular flexibility index (Phi) is 3.95. The van der Waals surface area contributed by atoms with Crippen molar-refractivity contribution in [3.63, 3.8) is 0 Å². The van der Waals surface area contributed by atoms with E-state index in [1.54, 1.807) is 17.4 Å². The lowest BCUT2D eigenvalue weighted by Crippen LogP contribution is -2.04. The summed E-state index contributed by atoms with van der Waals surface area (Å²) in [7, 11) is 0. The monoisotopic (exact) mass is 342 g/mol. The number of alkyl halides is 1. The maximum Gasteiger partial charge on any atom is 0.144 e. The highest BCUT2D eigenvalue weighted by Gasteiger charge is 2.17. The number of nitrogens with zero attached hydrogens (tertiary/aromatic N) is 2.